The van der Waals surface area contributed by atoms with Gasteiger partial charge in [-0.25, -0.2) is 4.39 Å². The lowest BCUT2D eigenvalue weighted by atomic mass is 10.2. The molecule has 0 aliphatic heterocycles. The van der Waals surface area contributed by atoms with Gasteiger partial charge in [-0.1, -0.05) is 53.2 Å². The van der Waals surface area contributed by atoms with Gasteiger partial charge in [0.1, 0.15) is 11.6 Å². The molecule has 4 nitrogen and oxygen atoms in total. The monoisotopic (exact) mass is 437 g/mol. The molecule has 1 aromatic heterocycles. The summed E-state index contributed by atoms with van der Waals surface area (Å²) in [6, 6.07) is 11.5. The van der Waals surface area contributed by atoms with Crippen LogP contribution in [0.3, 0.4) is 0 Å². The lowest BCUT2D eigenvalue weighted by molar-refractivity contribution is 0.210. The third kappa shape index (κ3) is 5.07. The van der Waals surface area contributed by atoms with E-state index in [0.717, 1.165) is 10.7 Å². The van der Waals surface area contributed by atoms with Crippen molar-refractivity contribution in [3.05, 3.63) is 82.4 Å². The fourth-order valence-electron chi connectivity index (χ4n) is 2.55. The van der Waals surface area contributed by atoms with E-state index in [4.69, 9.17) is 27.9 Å². The molecule has 3 aromatic rings. The summed E-state index contributed by atoms with van der Waals surface area (Å²) in [5, 5.41) is 10.3. The molecule has 0 amide bonds. The molecular formula is C20H18Cl2FN3OS. The number of hydrogen-bond acceptors (Lipinski definition) is 4. The van der Waals surface area contributed by atoms with Crippen molar-refractivity contribution >= 4 is 35.0 Å². The zero-order chi connectivity index (χ0) is 20.1. The van der Waals surface area contributed by atoms with Crippen LogP contribution in [-0.2, 0) is 12.3 Å². The Labute approximate surface area is 177 Å². The highest BCUT2D eigenvalue weighted by Crippen LogP contribution is 2.32. The Hall–Kier alpha value is -2.02. The van der Waals surface area contributed by atoms with Crippen molar-refractivity contribution in [3.63, 3.8) is 0 Å². The van der Waals surface area contributed by atoms with Gasteiger partial charge in [0.15, 0.2) is 17.1 Å². The van der Waals surface area contributed by atoms with Gasteiger partial charge in [0.25, 0.3) is 0 Å². The first-order valence-electron chi connectivity index (χ1n) is 8.51. The molecule has 0 bridgehead atoms. The summed E-state index contributed by atoms with van der Waals surface area (Å²) < 4.78 is 21.0. The van der Waals surface area contributed by atoms with Gasteiger partial charge in [0.2, 0.25) is 0 Å². The normalized spacial score (nSPS) is 12.0. The standard InChI is InChI=1S/C20H18Cl2FN3OS/c1-3-10-26-19(13(2)27-18-9-6-15(21)11-17(18)22)24-25-20(26)28-12-14-4-7-16(23)8-5-14/h3-9,11,13H,1,10,12H2,2H3. The highest BCUT2D eigenvalue weighted by molar-refractivity contribution is 7.98. The second kappa shape index (κ2) is 9.45. The van der Waals surface area contributed by atoms with E-state index in [-0.39, 0.29) is 11.9 Å². The predicted octanol–water partition coefficient (Wildman–Crippen LogP) is 6.34. The van der Waals surface area contributed by atoms with Crippen LogP contribution >= 0.6 is 35.0 Å². The van der Waals surface area contributed by atoms with E-state index in [1.165, 1.54) is 23.9 Å². The average Bonchev–Trinajstić information content (AvgIpc) is 3.07. The van der Waals surface area contributed by atoms with E-state index in [1.807, 2.05) is 11.5 Å². The lowest BCUT2D eigenvalue weighted by Crippen LogP contribution is -2.12. The minimum Gasteiger partial charge on any atom is -0.481 e. The second-order valence-corrected chi connectivity index (χ2v) is 7.78. The van der Waals surface area contributed by atoms with Crippen LogP contribution < -0.4 is 4.74 Å². The maximum Gasteiger partial charge on any atom is 0.191 e. The van der Waals surface area contributed by atoms with E-state index < -0.39 is 0 Å². The maximum absolute atomic E-state index is 13.1. The number of allylic oxidation sites excluding steroid dienone is 1. The van der Waals surface area contributed by atoms with Crippen molar-refractivity contribution in [1.82, 2.24) is 14.8 Å². The van der Waals surface area contributed by atoms with Crippen LogP contribution in [0.5, 0.6) is 5.75 Å². The number of nitrogens with zero attached hydrogens (tertiary/aromatic N) is 3. The molecule has 0 spiro atoms. The first-order chi connectivity index (χ1) is 13.5. The number of halogens is 3. The van der Waals surface area contributed by atoms with Crippen molar-refractivity contribution in [2.75, 3.05) is 0 Å². The minimum absolute atomic E-state index is 0.252. The smallest absolute Gasteiger partial charge is 0.191 e. The van der Waals surface area contributed by atoms with E-state index in [2.05, 4.69) is 16.8 Å². The zero-order valence-corrected chi connectivity index (χ0v) is 17.4. The van der Waals surface area contributed by atoms with Crippen LogP contribution in [0.4, 0.5) is 4.39 Å². The summed E-state index contributed by atoms with van der Waals surface area (Å²) in [6.07, 6.45) is 1.39. The molecule has 1 unspecified atom stereocenters. The first kappa shape index (κ1) is 20.7. The fourth-order valence-corrected chi connectivity index (χ4v) is 3.91. The summed E-state index contributed by atoms with van der Waals surface area (Å²) in [5.41, 5.74) is 0.998. The van der Waals surface area contributed by atoms with Gasteiger partial charge in [0.05, 0.1) is 5.02 Å². The van der Waals surface area contributed by atoms with Gasteiger partial charge in [-0.3, -0.25) is 4.57 Å². The van der Waals surface area contributed by atoms with Crippen molar-refractivity contribution in [2.45, 2.75) is 30.5 Å². The number of thioether (sulfide) groups is 1. The highest BCUT2D eigenvalue weighted by atomic mass is 35.5. The zero-order valence-electron chi connectivity index (χ0n) is 15.1. The van der Waals surface area contributed by atoms with Gasteiger partial charge < -0.3 is 4.74 Å². The van der Waals surface area contributed by atoms with Gasteiger partial charge in [-0.05, 0) is 42.8 Å². The Morgan fingerprint density at radius 1 is 1.21 bits per heavy atom. The Balaban J connectivity index is 1.77. The molecule has 0 saturated carbocycles. The third-order valence-electron chi connectivity index (χ3n) is 3.90. The third-order valence-corrected chi connectivity index (χ3v) is 5.47. The molecule has 2 aromatic carbocycles. The quantitative estimate of drug-likeness (QED) is 0.304. The van der Waals surface area contributed by atoms with Crippen LogP contribution in [0.15, 0.2) is 60.3 Å². The Bertz CT molecular complexity index is 963. The van der Waals surface area contributed by atoms with Crippen molar-refractivity contribution < 1.29 is 9.13 Å². The Kier molecular flexibility index (Phi) is 6.99. The van der Waals surface area contributed by atoms with E-state index in [9.17, 15) is 4.39 Å². The molecule has 0 radical (unpaired) electrons. The number of benzene rings is 2. The molecule has 1 atom stereocenters. The molecular weight excluding hydrogens is 420 g/mol. The topological polar surface area (TPSA) is 39.9 Å². The average molecular weight is 438 g/mol. The second-order valence-electron chi connectivity index (χ2n) is 5.99. The number of ether oxygens (including phenoxy) is 1. The molecule has 8 heteroatoms. The first-order valence-corrected chi connectivity index (χ1v) is 10.2. The van der Waals surface area contributed by atoms with Gasteiger partial charge >= 0.3 is 0 Å². The molecule has 0 aliphatic carbocycles. The molecule has 1 heterocycles. The largest absolute Gasteiger partial charge is 0.481 e. The minimum atomic E-state index is -0.383. The Morgan fingerprint density at radius 3 is 2.64 bits per heavy atom. The molecule has 28 heavy (non-hydrogen) atoms. The summed E-state index contributed by atoms with van der Waals surface area (Å²) in [7, 11) is 0. The molecule has 0 aliphatic rings. The van der Waals surface area contributed by atoms with Crippen LogP contribution in [0.1, 0.15) is 24.4 Å². The van der Waals surface area contributed by atoms with E-state index in [1.54, 1.807) is 36.4 Å². The van der Waals surface area contributed by atoms with Crippen LogP contribution in [0.25, 0.3) is 0 Å². The molecule has 0 N–H and O–H groups in total. The van der Waals surface area contributed by atoms with Crippen molar-refractivity contribution in [3.8, 4) is 5.75 Å². The summed E-state index contributed by atoms with van der Waals surface area (Å²) in [5.74, 6) is 1.57. The summed E-state index contributed by atoms with van der Waals surface area (Å²) >= 11 is 13.6. The number of hydrogen-bond donors (Lipinski definition) is 0. The molecule has 3 rings (SSSR count). The van der Waals surface area contributed by atoms with Crippen molar-refractivity contribution in [1.29, 1.82) is 0 Å². The van der Waals surface area contributed by atoms with E-state index in [0.29, 0.717) is 33.9 Å². The maximum atomic E-state index is 13.1. The van der Waals surface area contributed by atoms with Gasteiger partial charge in [-0.15, -0.1) is 16.8 Å². The summed E-state index contributed by atoms with van der Waals surface area (Å²) in [4.78, 5) is 0. The molecule has 0 saturated heterocycles. The molecule has 146 valence electrons. The predicted molar refractivity (Wildman–Crippen MR) is 112 cm³/mol. The number of rotatable bonds is 8. The fraction of sp³-hybridized carbons (Fsp3) is 0.200. The molecule has 0 fully saturated rings. The SMILES string of the molecule is C=CCn1c(SCc2ccc(F)cc2)nnc1C(C)Oc1ccc(Cl)cc1Cl. The van der Waals surface area contributed by atoms with Gasteiger partial charge in [-0.2, -0.15) is 0 Å². The lowest BCUT2D eigenvalue weighted by Gasteiger charge is -2.16. The van der Waals surface area contributed by atoms with Crippen LogP contribution in [-0.4, -0.2) is 14.8 Å². The van der Waals surface area contributed by atoms with Crippen molar-refractivity contribution in [2.24, 2.45) is 0 Å². The number of aromatic nitrogens is 3. The summed E-state index contributed by atoms with van der Waals surface area (Å²) in [6.45, 7) is 6.22. The van der Waals surface area contributed by atoms with Gasteiger partial charge in [0, 0.05) is 17.3 Å². The van der Waals surface area contributed by atoms with E-state index >= 15 is 0 Å². The Morgan fingerprint density at radius 2 is 1.96 bits per heavy atom. The highest BCUT2D eigenvalue weighted by Gasteiger charge is 2.20. The van der Waals surface area contributed by atoms with Crippen LogP contribution in [0, 0.1) is 5.82 Å². The van der Waals surface area contributed by atoms with Crippen LogP contribution in [0.2, 0.25) is 10.0 Å².